The number of hydrogen-bond acceptors (Lipinski definition) is 4. The van der Waals surface area contributed by atoms with Crippen LogP contribution in [0.4, 0.5) is 0 Å². The van der Waals surface area contributed by atoms with Gasteiger partial charge in [0.25, 0.3) is 0 Å². The molecule has 3 nitrogen and oxygen atoms in total. The lowest BCUT2D eigenvalue weighted by molar-refractivity contribution is 0.0910. The molecule has 0 saturated heterocycles. The number of carbonyl (C=O) groups excluding carboxylic acids is 1. The highest BCUT2D eigenvalue weighted by atomic mass is 79.9. The van der Waals surface area contributed by atoms with Gasteiger partial charge in [-0.2, -0.15) is 0 Å². The van der Waals surface area contributed by atoms with E-state index in [1.54, 1.807) is 6.20 Å². The lowest BCUT2D eigenvalue weighted by Gasteiger charge is -2.29. The van der Waals surface area contributed by atoms with Crippen LogP contribution in [-0.2, 0) is 6.42 Å². The number of rotatable bonds is 1. The first-order chi connectivity index (χ1) is 9.35. The fraction of sp³-hybridized carbons (Fsp3) is 0.357. The maximum atomic E-state index is 12.1. The summed E-state index contributed by atoms with van der Waals surface area (Å²) in [6, 6.07) is 1.91. The maximum absolute atomic E-state index is 12.1. The normalized spacial score (nSPS) is 17.1. The topological polar surface area (TPSA) is 42.9 Å². The molecule has 3 rings (SSSR count). The van der Waals surface area contributed by atoms with Crippen LogP contribution in [0, 0.1) is 5.41 Å². The van der Waals surface area contributed by atoms with Gasteiger partial charge < -0.3 is 0 Å². The van der Waals surface area contributed by atoms with Crippen molar-refractivity contribution in [3.05, 3.63) is 32.3 Å². The van der Waals surface area contributed by atoms with E-state index in [4.69, 9.17) is 11.6 Å². The minimum atomic E-state index is -0.0383. The summed E-state index contributed by atoms with van der Waals surface area (Å²) in [4.78, 5) is 21.9. The fourth-order valence-electron chi connectivity index (χ4n) is 2.41. The zero-order chi connectivity index (χ0) is 14.5. The molecule has 0 atom stereocenters. The average Bonchev–Trinajstić information content (AvgIpc) is 2.67. The summed E-state index contributed by atoms with van der Waals surface area (Å²) in [5, 5.41) is 0. The highest BCUT2D eigenvalue weighted by Crippen LogP contribution is 2.38. The van der Waals surface area contributed by atoms with Gasteiger partial charge in [-0.05, 0) is 33.8 Å². The molecule has 0 aliphatic heterocycles. The second-order valence-electron chi connectivity index (χ2n) is 5.73. The number of thiophene rings is 1. The third-order valence-corrected chi connectivity index (χ3v) is 5.79. The largest absolute Gasteiger partial charge is 0.294 e. The van der Waals surface area contributed by atoms with Gasteiger partial charge in [-0.3, -0.25) is 4.79 Å². The Morgan fingerprint density at radius 1 is 1.40 bits per heavy atom. The summed E-state index contributed by atoms with van der Waals surface area (Å²) in [6.45, 7) is 4.18. The van der Waals surface area contributed by atoms with Crippen molar-refractivity contribution in [2.24, 2.45) is 5.41 Å². The van der Waals surface area contributed by atoms with Gasteiger partial charge in [-0.15, -0.1) is 11.3 Å². The van der Waals surface area contributed by atoms with Crippen LogP contribution in [0.25, 0.3) is 10.7 Å². The van der Waals surface area contributed by atoms with Gasteiger partial charge in [0.2, 0.25) is 0 Å². The van der Waals surface area contributed by atoms with E-state index in [2.05, 4.69) is 39.7 Å². The van der Waals surface area contributed by atoms with E-state index in [-0.39, 0.29) is 11.2 Å². The van der Waals surface area contributed by atoms with Crippen molar-refractivity contribution in [2.75, 3.05) is 0 Å². The number of hydrogen-bond donors (Lipinski definition) is 0. The smallest absolute Gasteiger partial charge is 0.169 e. The monoisotopic (exact) mass is 370 g/mol. The third kappa shape index (κ3) is 2.54. The van der Waals surface area contributed by atoms with Crippen molar-refractivity contribution in [1.82, 2.24) is 9.97 Å². The Morgan fingerprint density at radius 2 is 2.15 bits per heavy atom. The van der Waals surface area contributed by atoms with E-state index in [9.17, 15) is 4.79 Å². The molecule has 104 valence electrons. The fourth-order valence-corrected chi connectivity index (χ4v) is 4.05. The van der Waals surface area contributed by atoms with Gasteiger partial charge in [0, 0.05) is 17.1 Å². The summed E-state index contributed by atoms with van der Waals surface area (Å²) >= 11 is 10.9. The van der Waals surface area contributed by atoms with Crippen molar-refractivity contribution in [3.63, 3.8) is 0 Å². The second kappa shape index (κ2) is 4.90. The molecule has 0 amide bonds. The maximum Gasteiger partial charge on any atom is 0.169 e. The predicted molar refractivity (Wildman–Crippen MR) is 84.5 cm³/mol. The van der Waals surface area contributed by atoms with Crippen LogP contribution in [0.15, 0.2) is 16.7 Å². The van der Waals surface area contributed by atoms with Crippen LogP contribution < -0.4 is 0 Å². The minimum Gasteiger partial charge on any atom is -0.294 e. The molecular formula is C14H12BrClN2OS. The Bertz CT molecular complexity index is 692. The number of ketones is 1. The molecule has 1 aliphatic rings. The third-order valence-electron chi connectivity index (χ3n) is 3.32. The van der Waals surface area contributed by atoms with Gasteiger partial charge in [0.1, 0.15) is 4.34 Å². The Kier molecular flexibility index (Phi) is 3.47. The minimum absolute atomic E-state index is 0.0383. The zero-order valence-electron chi connectivity index (χ0n) is 11.0. The van der Waals surface area contributed by atoms with Gasteiger partial charge >= 0.3 is 0 Å². The number of aromatic nitrogens is 2. The standard InChI is InChI=1S/C14H12BrClN2OS/c1-14(2)4-9-7(10(19)5-14)6-17-13(18-9)11-3-8(15)12(16)20-11/h3,6H,4-5H2,1-2H3. The summed E-state index contributed by atoms with van der Waals surface area (Å²) in [5.41, 5.74) is 1.47. The van der Waals surface area contributed by atoms with Crippen LogP contribution in [0.2, 0.25) is 4.34 Å². The molecule has 0 unspecified atom stereocenters. The first-order valence-corrected chi connectivity index (χ1v) is 8.19. The molecule has 2 heterocycles. The number of fused-ring (bicyclic) bond motifs is 1. The molecule has 6 heteroatoms. The molecule has 1 aliphatic carbocycles. The Labute approximate surface area is 134 Å². The SMILES string of the molecule is CC1(C)CC(=O)c2cnc(-c3cc(Br)c(Cl)s3)nc2C1. The molecule has 0 bridgehead atoms. The Balaban J connectivity index is 2.07. The first-order valence-electron chi connectivity index (χ1n) is 6.20. The zero-order valence-corrected chi connectivity index (χ0v) is 14.2. The molecule has 0 spiro atoms. The summed E-state index contributed by atoms with van der Waals surface area (Å²) in [5.74, 6) is 0.764. The van der Waals surface area contributed by atoms with Gasteiger partial charge in [0.15, 0.2) is 11.6 Å². The molecule has 2 aromatic rings. The van der Waals surface area contributed by atoms with Crippen molar-refractivity contribution in [3.8, 4) is 10.7 Å². The molecule has 2 aromatic heterocycles. The molecular weight excluding hydrogens is 360 g/mol. The van der Waals surface area contributed by atoms with Crippen molar-refractivity contribution < 1.29 is 4.79 Å². The lowest BCUT2D eigenvalue weighted by Crippen LogP contribution is -2.28. The van der Waals surface area contributed by atoms with Crippen LogP contribution in [0.1, 0.15) is 36.3 Å². The van der Waals surface area contributed by atoms with Crippen LogP contribution in [0.5, 0.6) is 0 Å². The molecule has 0 aromatic carbocycles. The second-order valence-corrected chi connectivity index (χ2v) is 8.24. The Hall–Kier alpha value is -0.780. The highest BCUT2D eigenvalue weighted by Gasteiger charge is 2.32. The number of nitrogens with zero attached hydrogens (tertiary/aromatic N) is 2. The van der Waals surface area contributed by atoms with Crippen LogP contribution in [-0.4, -0.2) is 15.8 Å². The predicted octanol–water partition coefficient (Wildman–Crippen LogP) is 4.78. The molecule has 0 radical (unpaired) electrons. The number of carbonyl (C=O) groups is 1. The first kappa shape index (κ1) is 14.2. The number of halogens is 2. The van der Waals surface area contributed by atoms with E-state index < -0.39 is 0 Å². The van der Waals surface area contributed by atoms with Crippen molar-refractivity contribution in [2.45, 2.75) is 26.7 Å². The van der Waals surface area contributed by atoms with Gasteiger partial charge in [0.05, 0.1) is 16.1 Å². The summed E-state index contributed by atoms with van der Waals surface area (Å²) < 4.78 is 1.52. The summed E-state index contributed by atoms with van der Waals surface area (Å²) in [7, 11) is 0. The van der Waals surface area contributed by atoms with Gasteiger partial charge in [-0.1, -0.05) is 25.4 Å². The van der Waals surface area contributed by atoms with E-state index in [1.165, 1.54) is 11.3 Å². The van der Waals surface area contributed by atoms with Crippen LogP contribution in [0.3, 0.4) is 0 Å². The molecule has 20 heavy (non-hydrogen) atoms. The highest BCUT2D eigenvalue weighted by molar-refractivity contribution is 9.10. The summed E-state index contributed by atoms with van der Waals surface area (Å²) in [6.07, 6.45) is 3.00. The molecule has 0 N–H and O–H groups in total. The number of Topliss-reactive ketones (excluding diaryl/α,β-unsaturated/α-hetero) is 1. The lowest BCUT2D eigenvalue weighted by atomic mass is 9.76. The quantitative estimate of drug-likeness (QED) is 0.724. The Morgan fingerprint density at radius 3 is 2.80 bits per heavy atom. The van der Waals surface area contributed by atoms with Crippen molar-refractivity contribution >= 4 is 44.7 Å². The van der Waals surface area contributed by atoms with E-state index >= 15 is 0 Å². The van der Waals surface area contributed by atoms with Gasteiger partial charge in [-0.25, -0.2) is 9.97 Å². The van der Waals surface area contributed by atoms with E-state index in [0.717, 1.165) is 21.5 Å². The van der Waals surface area contributed by atoms with Crippen LogP contribution >= 0.6 is 38.9 Å². The average molecular weight is 372 g/mol. The van der Waals surface area contributed by atoms with E-state index in [1.807, 2.05) is 6.07 Å². The molecule has 0 fully saturated rings. The van der Waals surface area contributed by atoms with Crippen molar-refractivity contribution in [1.29, 1.82) is 0 Å². The van der Waals surface area contributed by atoms with E-state index in [0.29, 0.717) is 22.1 Å². The molecule has 0 saturated carbocycles.